The maximum absolute atomic E-state index is 12.4. The summed E-state index contributed by atoms with van der Waals surface area (Å²) in [6.07, 6.45) is 9.07. The number of benzene rings is 1. The van der Waals surface area contributed by atoms with Crippen LogP contribution in [0.3, 0.4) is 0 Å². The van der Waals surface area contributed by atoms with Crippen molar-refractivity contribution in [2.75, 3.05) is 27.4 Å². The molecule has 1 saturated carbocycles. The van der Waals surface area contributed by atoms with Crippen molar-refractivity contribution in [3.05, 3.63) is 71.8 Å². The molecule has 4 atom stereocenters. The van der Waals surface area contributed by atoms with E-state index in [-0.39, 0.29) is 5.97 Å². The summed E-state index contributed by atoms with van der Waals surface area (Å²) in [4.78, 5) is 12.4. The van der Waals surface area contributed by atoms with E-state index in [9.17, 15) is 4.79 Å². The lowest BCUT2D eigenvalue weighted by Crippen LogP contribution is -2.34. The molecule has 3 rings (SSSR count). The average molecular weight is 411 g/mol. The van der Waals surface area contributed by atoms with Crippen molar-refractivity contribution in [2.24, 2.45) is 23.2 Å². The third-order valence-electron chi connectivity index (χ3n) is 6.73. The lowest BCUT2D eigenvalue weighted by molar-refractivity contribution is -0.137. The number of methoxy groups -OCH3 is 2. The van der Waals surface area contributed by atoms with Gasteiger partial charge in [-0.1, -0.05) is 62.1 Å². The minimum absolute atomic E-state index is 0.274. The Kier molecular flexibility index (Phi) is 7.68. The zero-order valence-electron chi connectivity index (χ0n) is 18.4. The maximum Gasteiger partial charge on any atom is 0.334 e. The largest absolute Gasteiger partial charge is 0.466 e. The highest BCUT2D eigenvalue weighted by atomic mass is 16.5. The fraction of sp³-hybridized carbons (Fsp3) is 0.500. The first-order valence-electron chi connectivity index (χ1n) is 10.8. The number of hydrogen-bond donors (Lipinski definition) is 0. The number of ether oxygens (including phenoxy) is 3. The summed E-state index contributed by atoms with van der Waals surface area (Å²) in [6, 6.07) is 10.2. The smallest absolute Gasteiger partial charge is 0.334 e. The number of allylic oxidation sites excluding steroid dienone is 2. The number of hydrogen-bond acceptors (Lipinski definition) is 4. The Hall–Kier alpha value is -2.17. The number of rotatable bonds is 10. The molecule has 0 spiro atoms. The summed E-state index contributed by atoms with van der Waals surface area (Å²) in [7, 11) is 3.13. The van der Waals surface area contributed by atoms with Crippen molar-refractivity contribution in [3.63, 3.8) is 0 Å². The van der Waals surface area contributed by atoms with Gasteiger partial charge in [0.2, 0.25) is 0 Å². The van der Waals surface area contributed by atoms with E-state index in [4.69, 9.17) is 14.2 Å². The molecule has 0 radical (unpaired) electrons. The van der Waals surface area contributed by atoms with Crippen LogP contribution in [0.5, 0.6) is 0 Å². The van der Waals surface area contributed by atoms with Gasteiger partial charge in [-0.25, -0.2) is 4.79 Å². The summed E-state index contributed by atoms with van der Waals surface area (Å²) < 4.78 is 16.6. The van der Waals surface area contributed by atoms with Crippen molar-refractivity contribution in [2.45, 2.75) is 32.8 Å². The molecule has 0 heterocycles. The number of esters is 1. The second-order valence-corrected chi connectivity index (χ2v) is 8.69. The van der Waals surface area contributed by atoms with Gasteiger partial charge in [0.25, 0.3) is 0 Å². The SMILES string of the molecule is C=C(COCc1ccccc1)[C@@H]1CC[C@@H](C)[C@H]1C[C@]1(COC)C=CC=C1C(=O)OC. The van der Waals surface area contributed by atoms with E-state index in [1.165, 1.54) is 12.7 Å². The van der Waals surface area contributed by atoms with Crippen molar-refractivity contribution in [1.29, 1.82) is 0 Å². The van der Waals surface area contributed by atoms with Crippen LogP contribution in [0, 0.1) is 23.2 Å². The van der Waals surface area contributed by atoms with Crippen molar-refractivity contribution < 1.29 is 19.0 Å². The highest BCUT2D eigenvalue weighted by Crippen LogP contribution is 2.50. The molecule has 0 N–H and O–H groups in total. The Morgan fingerprint density at radius 3 is 2.67 bits per heavy atom. The van der Waals surface area contributed by atoms with Gasteiger partial charge in [0.05, 0.1) is 26.9 Å². The summed E-state index contributed by atoms with van der Waals surface area (Å²) >= 11 is 0. The Morgan fingerprint density at radius 1 is 1.20 bits per heavy atom. The van der Waals surface area contributed by atoms with E-state index >= 15 is 0 Å². The first-order chi connectivity index (χ1) is 14.5. The molecule has 0 amide bonds. The van der Waals surface area contributed by atoms with Crippen molar-refractivity contribution >= 4 is 5.97 Å². The molecule has 0 bridgehead atoms. The fourth-order valence-electron chi connectivity index (χ4n) is 5.11. The van der Waals surface area contributed by atoms with E-state index in [2.05, 4.69) is 31.7 Å². The van der Waals surface area contributed by atoms with Crippen LogP contribution in [0.4, 0.5) is 0 Å². The normalized spacial score (nSPS) is 27.8. The molecule has 1 aromatic rings. The van der Waals surface area contributed by atoms with Gasteiger partial charge in [0.15, 0.2) is 0 Å². The van der Waals surface area contributed by atoms with Gasteiger partial charge in [0, 0.05) is 18.1 Å². The number of carbonyl (C=O) groups is 1. The summed E-state index contributed by atoms with van der Waals surface area (Å²) in [5.74, 6) is 1.09. The molecular weight excluding hydrogens is 376 g/mol. The second-order valence-electron chi connectivity index (χ2n) is 8.69. The van der Waals surface area contributed by atoms with Gasteiger partial charge in [-0.05, 0) is 48.2 Å². The van der Waals surface area contributed by atoms with Gasteiger partial charge < -0.3 is 14.2 Å². The molecule has 0 aromatic heterocycles. The maximum atomic E-state index is 12.4. The third-order valence-corrected chi connectivity index (χ3v) is 6.73. The van der Waals surface area contributed by atoms with Crippen molar-refractivity contribution in [1.82, 2.24) is 0 Å². The van der Waals surface area contributed by atoms with E-state index in [0.717, 1.165) is 24.8 Å². The highest BCUT2D eigenvalue weighted by Gasteiger charge is 2.45. The Balaban J connectivity index is 1.68. The molecule has 0 unspecified atom stereocenters. The Labute approximate surface area is 180 Å². The van der Waals surface area contributed by atoms with Crippen LogP contribution in [-0.4, -0.2) is 33.4 Å². The molecule has 162 valence electrons. The molecule has 4 nitrogen and oxygen atoms in total. The lowest BCUT2D eigenvalue weighted by atomic mass is 9.70. The molecule has 4 heteroatoms. The van der Waals surface area contributed by atoms with Gasteiger partial charge in [-0.2, -0.15) is 0 Å². The van der Waals surface area contributed by atoms with E-state index < -0.39 is 5.41 Å². The predicted molar refractivity (Wildman–Crippen MR) is 119 cm³/mol. The molecule has 2 aliphatic carbocycles. The van der Waals surface area contributed by atoms with E-state index in [1.54, 1.807) is 7.11 Å². The van der Waals surface area contributed by atoms with Gasteiger partial charge in [-0.15, -0.1) is 0 Å². The molecule has 0 saturated heterocycles. The van der Waals surface area contributed by atoms with Crippen LogP contribution in [0.1, 0.15) is 31.7 Å². The summed E-state index contributed by atoms with van der Waals surface area (Å²) in [6.45, 7) is 8.32. The fourth-order valence-corrected chi connectivity index (χ4v) is 5.11. The van der Waals surface area contributed by atoms with Crippen LogP contribution >= 0.6 is 0 Å². The van der Waals surface area contributed by atoms with E-state index in [0.29, 0.717) is 43.1 Å². The summed E-state index contributed by atoms with van der Waals surface area (Å²) in [5, 5.41) is 0. The zero-order chi connectivity index (χ0) is 21.6. The van der Waals surface area contributed by atoms with Crippen molar-refractivity contribution in [3.8, 4) is 0 Å². The predicted octanol–water partition coefficient (Wildman–Crippen LogP) is 5.11. The van der Waals surface area contributed by atoms with Crippen LogP contribution < -0.4 is 0 Å². The third kappa shape index (κ3) is 4.93. The minimum atomic E-state index is -0.436. The minimum Gasteiger partial charge on any atom is -0.466 e. The summed E-state index contributed by atoms with van der Waals surface area (Å²) in [5.41, 5.74) is 2.58. The molecule has 1 aromatic carbocycles. The quantitative estimate of drug-likeness (QED) is 0.397. The van der Waals surface area contributed by atoms with Gasteiger partial charge >= 0.3 is 5.97 Å². The average Bonchev–Trinajstić information content (AvgIpc) is 3.32. The van der Waals surface area contributed by atoms with Gasteiger partial charge in [-0.3, -0.25) is 0 Å². The zero-order valence-corrected chi connectivity index (χ0v) is 18.4. The Bertz CT molecular complexity index is 795. The first kappa shape index (κ1) is 22.5. The van der Waals surface area contributed by atoms with E-state index in [1.807, 2.05) is 30.4 Å². The molecule has 1 fully saturated rings. The van der Waals surface area contributed by atoms with Crippen LogP contribution in [0.15, 0.2) is 66.3 Å². The topological polar surface area (TPSA) is 44.8 Å². The number of carbonyl (C=O) groups excluding carboxylic acids is 1. The van der Waals surface area contributed by atoms with Gasteiger partial charge in [0.1, 0.15) is 0 Å². The first-order valence-corrected chi connectivity index (χ1v) is 10.8. The second kappa shape index (κ2) is 10.2. The van der Waals surface area contributed by atoms with Crippen LogP contribution in [0.2, 0.25) is 0 Å². The lowest BCUT2D eigenvalue weighted by Gasteiger charge is -2.36. The van der Waals surface area contributed by atoms with Crippen LogP contribution in [-0.2, 0) is 25.6 Å². The molecule has 2 aliphatic rings. The monoisotopic (exact) mass is 410 g/mol. The molecular formula is C26H34O4. The highest BCUT2D eigenvalue weighted by molar-refractivity contribution is 5.91. The van der Waals surface area contributed by atoms with Crippen LogP contribution in [0.25, 0.3) is 0 Å². The molecule has 30 heavy (non-hydrogen) atoms. The Morgan fingerprint density at radius 2 is 1.97 bits per heavy atom. The molecule has 0 aliphatic heterocycles. The standard InChI is InChI=1S/C26H34O4/c1-19-12-13-22(20(2)16-30-17-21-9-6-5-7-10-21)23(19)15-26(18-28-3)14-8-11-24(26)25(27)29-4/h5-11,14,19,22-23H,2,12-13,15-18H2,1,3-4H3/t19-,22+,23-,26+/m1/s1.